The quantitative estimate of drug-likeness (QED) is 0.282. The Bertz CT molecular complexity index is 1140. The first-order valence-electron chi connectivity index (χ1n) is 12.7. The SMILES string of the molecule is CC1(C)CCCC2CC(C)(C)C(O)C2C1O.Cc1cc(C)c2c(-c3[c-]cccc3)nccc2c1.[Ir]. The van der Waals surface area contributed by atoms with Crippen LogP contribution in [0, 0.1) is 42.6 Å². The Morgan fingerprint density at radius 1 is 0.971 bits per heavy atom. The summed E-state index contributed by atoms with van der Waals surface area (Å²) in [6.07, 6.45) is 5.68. The maximum Gasteiger partial charge on any atom is 0.0646 e. The summed E-state index contributed by atoms with van der Waals surface area (Å²) in [5.74, 6) is 0.606. The fourth-order valence-electron chi connectivity index (χ4n) is 6.38. The monoisotopic (exact) mass is 651 g/mol. The Kier molecular flexibility index (Phi) is 8.64. The van der Waals surface area contributed by atoms with E-state index < -0.39 is 0 Å². The molecule has 0 aliphatic heterocycles. The summed E-state index contributed by atoms with van der Waals surface area (Å²) < 4.78 is 0. The molecule has 0 spiro atoms. The van der Waals surface area contributed by atoms with Gasteiger partial charge in [0.05, 0.1) is 12.2 Å². The molecule has 2 saturated carbocycles. The number of pyridine rings is 1. The Morgan fingerprint density at radius 2 is 1.69 bits per heavy atom. The molecule has 2 aromatic carbocycles. The minimum Gasteiger partial charge on any atom is -0.392 e. The zero-order chi connectivity index (χ0) is 24.7. The van der Waals surface area contributed by atoms with Gasteiger partial charge in [-0.3, -0.25) is 0 Å². The summed E-state index contributed by atoms with van der Waals surface area (Å²) in [5.41, 5.74) is 4.56. The predicted octanol–water partition coefficient (Wildman–Crippen LogP) is 6.90. The van der Waals surface area contributed by atoms with Crippen molar-refractivity contribution >= 4 is 10.8 Å². The molecule has 1 aromatic heterocycles. The molecule has 3 aromatic rings. The average Bonchev–Trinajstić information content (AvgIpc) is 2.94. The molecular weight excluding hydrogens is 611 g/mol. The molecule has 1 radical (unpaired) electrons. The Morgan fingerprint density at radius 3 is 2.37 bits per heavy atom. The van der Waals surface area contributed by atoms with E-state index in [0.29, 0.717) is 5.92 Å². The van der Waals surface area contributed by atoms with Crippen LogP contribution < -0.4 is 0 Å². The molecule has 0 bridgehead atoms. The molecule has 2 N–H and O–H groups in total. The number of aliphatic hydroxyl groups is 2. The standard InChI is InChI=1S/C17H14N.C14H26O2.Ir/c1-12-10-13(2)16-15(11-12)8-9-18-17(16)14-6-4-3-5-7-14;1-13(2)7-5-6-9-8-14(3,4)12(16)10(9)11(13)15;/h3-6,8-11H,1-2H3;9-12,15-16H,5-8H2,1-4H3;/q-1;;. The third-order valence-electron chi connectivity index (χ3n) is 8.23. The largest absolute Gasteiger partial charge is 0.392 e. The van der Waals surface area contributed by atoms with E-state index >= 15 is 0 Å². The third-order valence-corrected chi connectivity index (χ3v) is 8.23. The van der Waals surface area contributed by atoms with E-state index in [-0.39, 0.29) is 49.1 Å². The van der Waals surface area contributed by atoms with Crippen LogP contribution in [-0.4, -0.2) is 27.4 Å². The van der Waals surface area contributed by atoms with Crippen molar-refractivity contribution in [3.63, 3.8) is 0 Å². The number of hydrogen-bond donors (Lipinski definition) is 2. The van der Waals surface area contributed by atoms with E-state index in [1.54, 1.807) is 0 Å². The summed E-state index contributed by atoms with van der Waals surface area (Å²) in [6, 6.07) is 17.7. The van der Waals surface area contributed by atoms with Crippen LogP contribution in [0.1, 0.15) is 64.5 Å². The summed E-state index contributed by atoms with van der Waals surface area (Å²) in [4.78, 5) is 4.54. The summed E-state index contributed by atoms with van der Waals surface area (Å²) in [7, 11) is 0. The van der Waals surface area contributed by atoms with E-state index in [0.717, 1.165) is 24.1 Å². The first-order chi connectivity index (χ1) is 16.0. The van der Waals surface area contributed by atoms with Gasteiger partial charge in [-0.15, -0.1) is 35.9 Å². The molecule has 2 aliphatic rings. The number of hydrogen-bond acceptors (Lipinski definition) is 3. The van der Waals surface area contributed by atoms with Gasteiger partial charge in [-0.25, -0.2) is 0 Å². The number of fused-ring (bicyclic) bond motifs is 2. The number of aromatic nitrogens is 1. The van der Waals surface area contributed by atoms with Crippen LogP contribution in [-0.2, 0) is 20.1 Å². The van der Waals surface area contributed by atoms with Crippen molar-refractivity contribution < 1.29 is 30.3 Å². The van der Waals surface area contributed by atoms with Crippen LogP contribution in [0.3, 0.4) is 0 Å². The van der Waals surface area contributed by atoms with Gasteiger partial charge in [-0.05, 0) is 72.4 Å². The predicted molar refractivity (Wildman–Crippen MR) is 141 cm³/mol. The first kappa shape index (κ1) is 28.0. The second-order valence-electron chi connectivity index (χ2n) is 11.9. The number of nitrogens with zero attached hydrogens (tertiary/aromatic N) is 1. The van der Waals surface area contributed by atoms with Crippen molar-refractivity contribution in [1.29, 1.82) is 0 Å². The summed E-state index contributed by atoms with van der Waals surface area (Å²) in [6.45, 7) is 12.8. The second kappa shape index (κ2) is 10.8. The number of rotatable bonds is 1. The molecule has 1 heterocycles. The molecule has 0 amide bonds. The van der Waals surface area contributed by atoms with Gasteiger partial charge in [-0.1, -0.05) is 57.4 Å². The number of aryl methyl sites for hydroxylation is 2. The van der Waals surface area contributed by atoms with Crippen LogP contribution in [0.2, 0.25) is 0 Å². The van der Waals surface area contributed by atoms with Gasteiger partial charge in [0.15, 0.2) is 0 Å². The van der Waals surface area contributed by atoms with Crippen molar-refractivity contribution in [3.8, 4) is 11.3 Å². The van der Waals surface area contributed by atoms with E-state index in [1.165, 1.54) is 34.7 Å². The summed E-state index contributed by atoms with van der Waals surface area (Å²) >= 11 is 0. The van der Waals surface area contributed by atoms with Gasteiger partial charge in [0.2, 0.25) is 0 Å². The molecule has 4 heteroatoms. The van der Waals surface area contributed by atoms with Gasteiger partial charge < -0.3 is 15.2 Å². The minimum absolute atomic E-state index is 0. The number of benzene rings is 2. The van der Waals surface area contributed by atoms with Crippen molar-refractivity contribution in [3.05, 3.63) is 65.9 Å². The van der Waals surface area contributed by atoms with Crippen molar-refractivity contribution in [1.82, 2.24) is 4.98 Å². The van der Waals surface area contributed by atoms with Crippen LogP contribution in [0.4, 0.5) is 0 Å². The third kappa shape index (κ3) is 5.72. The molecule has 2 aliphatic carbocycles. The molecule has 191 valence electrons. The zero-order valence-electron chi connectivity index (χ0n) is 21.9. The van der Waals surface area contributed by atoms with Gasteiger partial charge in [0.1, 0.15) is 0 Å². The Labute approximate surface area is 224 Å². The molecule has 35 heavy (non-hydrogen) atoms. The van der Waals surface area contributed by atoms with E-state index in [2.05, 4.69) is 76.9 Å². The van der Waals surface area contributed by atoms with Gasteiger partial charge in [0.25, 0.3) is 0 Å². The smallest absolute Gasteiger partial charge is 0.0646 e. The molecule has 5 rings (SSSR count). The van der Waals surface area contributed by atoms with E-state index in [4.69, 9.17) is 0 Å². The van der Waals surface area contributed by atoms with E-state index in [9.17, 15) is 10.2 Å². The van der Waals surface area contributed by atoms with Crippen LogP contribution in [0.5, 0.6) is 0 Å². The fourth-order valence-corrected chi connectivity index (χ4v) is 6.38. The van der Waals surface area contributed by atoms with Gasteiger partial charge in [0, 0.05) is 32.2 Å². The van der Waals surface area contributed by atoms with Crippen LogP contribution in [0.25, 0.3) is 22.0 Å². The van der Waals surface area contributed by atoms with Gasteiger partial charge in [-0.2, -0.15) is 0 Å². The second-order valence-corrected chi connectivity index (χ2v) is 11.9. The minimum atomic E-state index is -0.350. The van der Waals surface area contributed by atoms with Gasteiger partial charge >= 0.3 is 0 Å². The molecule has 4 unspecified atom stereocenters. The molecular formula is C31H40IrNO2-. The fraction of sp³-hybridized carbons (Fsp3) is 0.516. The van der Waals surface area contributed by atoms with Crippen molar-refractivity contribution in [2.24, 2.45) is 22.7 Å². The van der Waals surface area contributed by atoms with E-state index in [1.807, 2.05) is 24.4 Å². The van der Waals surface area contributed by atoms with Crippen LogP contribution in [0.15, 0.2) is 48.7 Å². The topological polar surface area (TPSA) is 53.4 Å². The number of aliphatic hydroxyl groups excluding tert-OH is 2. The van der Waals surface area contributed by atoms with Crippen molar-refractivity contribution in [2.75, 3.05) is 0 Å². The molecule has 0 saturated heterocycles. The normalized spacial score (nSPS) is 26.6. The van der Waals surface area contributed by atoms with Crippen LogP contribution >= 0.6 is 0 Å². The molecule has 4 atom stereocenters. The zero-order valence-corrected chi connectivity index (χ0v) is 24.3. The van der Waals surface area contributed by atoms with Crippen molar-refractivity contribution in [2.45, 2.75) is 79.4 Å². The Hall–Kier alpha value is -1.58. The first-order valence-corrected chi connectivity index (χ1v) is 12.7. The maximum atomic E-state index is 10.5. The molecule has 3 nitrogen and oxygen atoms in total. The maximum absolute atomic E-state index is 10.5. The molecule has 2 fully saturated rings. The average molecular weight is 651 g/mol. The Balaban J connectivity index is 0.000000192. The summed E-state index contributed by atoms with van der Waals surface area (Å²) in [5, 5.41) is 23.4.